The van der Waals surface area contributed by atoms with E-state index in [-0.39, 0.29) is 24.0 Å². The van der Waals surface area contributed by atoms with Crippen molar-refractivity contribution in [3.05, 3.63) is 75.5 Å². The number of nitro groups is 1. The molecule has 0 radical (unpaired) electrons. The first-order valence-electron chi connectivity index (χ1n) is 9.90. The zero-order valence-corrected chi connectivity index (χ0v) is 16.7. The molecule has 0 spiro atoms. The Morgan fingerprint density at radius 2 is 1.90 bits per heavy atom. The Bertz CT molecular complexity index is 1260. The lowest BCUT2D eigenvalue weighted by Gasteiger charge is -2.48. The van der Waals surface area contributed by atoms with E-state index in [1.807, 2.05) is 24.3 Å². The van der Waals surface area contributed by atoms with Gasteiger partial charge < -0.3 is 9.88 Å². The topological polar surface area (TPSA) is 112 Å². The fourth-order valence-electron chi connectivity index (χ4n) is 4.50. The molecule has 1 aromatic heterocycles. The lowest BCUT2D eigenvalue weighted by molar-refractivity contribution is -0.384. The van der Waals surface area contributed by atoms with Gasteiger partial charge in [0.1, 0.15) is 6.54 Å². The van der Waals surface area contributed by atoms with Gasteiger partial charge in [-0.15, -0.1) is 0 Å². The van der Waals surface area contributed by atoms with E-state index in [4.69, 9.17) is 0 Å². The van der Waals surface area contributed by atoms with Crippen molar-refractivity contribution >= 4 is 34.6 Å². The van der Waals surface area contributed by atoms with Crippen molar-refractivity contribution in [3.63, 3.8) is 0 Å². The van der Waals surface area contributed by atoms with Gasteiger partial charge in [-0.05, 0) is 42.7 Å². The lowest BCUT2D eigenvalue weighted by atomic mass is 9.83. The Hall–Kier alpha value is -4.01. The van der Waals surface area contributed by atoms with E-state index in [1.54, 1.807) is 24.0 Å². The number of nitrogens with one attached hydrogen (secondary N) is 1. The predicted molar refractivity (Wildman–Crippen MR) is 113 cm³/mol. The number of aromatic amines is 1. The van der Waals surface area contributed by atoms with Crippen molar-refractivity contribution in [3.8, 4) is 0 Å². The molecule has 9 nitrogen and oxygen atoms in total. The van der Waals surface area contributed by atoms with E-state index < -0.39 is 10.5 Å². The number of rotatable bonds is 3. The molecule has 31 heavy (non-hydrogen) atoms. The quantitative estimate of drug-likeness (QED) is 0.401. The molecule has 0 unspecified atom stereocenters. The molecule has 1 fully saturated rings. The van der Waals surface area contributed by atoms with Gasteiger partial charge in [0.25, 0.3) is 11.6 Å². The maximum absolute atomic E-state index is 13.5. The number of hydrazone groups is 1. The highest BCUT2D eigenvalue weighted by molar-refractivity contribution is 6.01. The summed E-state index contributed by atoms with van der Waals surface area (Å²) in [6.07, 6.45) is 2.11. The molecule has 2 amide bonds. The van der Waals surface area contributed by atoms with Crippen molar-refractivity contribution in [1.29, 1.82) is 0 Å². The van der Waals surface area contributed by atoms with Gasteiger partial charge in [-0.25, -0.2) is 5.01 Å². The van der Waals surface area contributed by atoms with Gasteiger partial charge in [-0.2, -0.15) is 5.10 Å². The van der Waals surface area contributed by atoms with Crippen molar-refractivity contribution < 1.29 is 14.5 Å². The summed E-state index contributed by atoms with van der Waals surface area (Å²) in [5.74, 6) is -0.468. The highest BCUT2D eigenvalue weighted by atomic mass is 16.6. The van der Waals surface area contributed by atoms with Crippen LogP contribution in [0.3, 0.4) is 0 Å². The summed E-state index contributed by atoms with van der Waals surface area (Å²) in [5.41, 5.74) is 2.10. The average Bonchev–Trinajstić information content (AvgIpc) is 3.16. The fourth-order valence-corrected chi connectivity index (χ4v) is 4.50. The fraction of sp³-hybridized carbons (Fsp3) is 0.227. The van der Waals surface area contributed by atoms with E-state index in [0.29, 0.717) is 18.5 Å². The number of carbonyl (C=O) groups excluding carboxylic acids is 2. The molecule has 1 saturated heterocycles. The number of hydrogen-bond donors (Lipinski definition) is 1. The Morgan fingerprint density at radius 1 is 1.16 bits per heavy atom. The Labute approximate surface area is 177 Å². The number of amides is 2. The molecule has 3 aromatic rings. The number of aromatic nitrogens is 1. The van der Waals surface area contributed by atoms with Gasteiger partial charge in [-0.3, -0.25) is 19.7 Å². The summed E-state index contributed by atoms with van der Waals surface area (Å²) < 4.78 is 0. The number of H-pyrrole nitrogens is 1. The molecular formula is C22H19N5O4. The van der Waals surface area contributed by atoms with Crippen molar-refractivity contribution in [2.75, 3.05) is 13.1 Å². The number of non-ortho nitro benzene ring substituents is 1. The predicted octanol–water partition coefficient (Wildman–Crippen LogP) is 2.55. The molecular weight excluding hydrogens is 398 g/mol. The van der Waals surface area contributed by atoms with Crippen LogP contribution < -0.4 is 0 Å². The Kier molecular flexibility index (Phi) is 4.14. The summed E-state index contributed by atoms with van der Waals surface area (Å²) in [6, 6.07) is 13.7. The normalized spacial score (nSPS) is 20.9. The first-order chi connectivity index (χ1) is 14.9. The van der Waals surface area contributed by atoms with E-state index >= 15 is 0 Å². The smallest absolute Gasteiger partial charge is 0.275 e. The lowest BCUT2D eigenvalue weighted by Crippen LogP contribution is -2.65. The monoisotopic (exact) mass is 417 g/mol. The van der Waals surface area contributed by atoms with Gasteiger partial charge in [0, 0.05) is 29.6 Å². The Balaban J connectivity index is 1.51. The van der Waals surface area contributed by atoms with Crippen LogP contribution in [0, 0.1) is 10.1 Å². The van der Waals surface area contributed by atoms with Gasteiger partial charge in [0.05, 0.1) is 16.8 Å². The van der Waals surface area contributed by atoms with Crippen LogP contribution in [-0.4, -0.2) is 50.9 Å². The summed E-state index contributed by atoms with van der Waals surface area (Å²) in [6.45, 7) is 2.08. The number of nitrogens with zero attached hydrogens (tertiary/aromatic N) is 4. The molecule has 3 heterocycles. The number of para-hydroxylation sites is 1. The molecule has 9 heteroatoms. The molecule has 2 aliphatic rings. The molecule has 0 saturated carbocycles. The highest BCUT2D eigenvalue weighted by Crippen LogP contribution is 2.41. The van der Waals surface area contributed by atoms with Crippen LogP contribution in [0.2, 0.25) is 0 Å². The summed E-state index contributed by atoms with van der Waals surface area (Å²) in [4.78, 5) is 41.8. The number of nitro benzene ring substituents is 1. The minimum atomic E-state index is -1.17. The van der Waals surface area contributed by atoms with Gasteiger partial charge in [-0.1, -0.05) is 18.2 Å². The van der Waals surface area contributed by atoms with E-state index in [0.717, 1.165) is 22.2 Å². The second-order valence-corrected chi connectivity index (χ2v) is 7.85. The summed E-state index contributed by atoms with van der Waals surface area (Å²) >= 11 is 0. The maximum Gasteiger partial charge on any atom is 0.275 e. The van der Waals surface area contributed by atoms with Crippen LogP contribution in [-0.2, 0) is 21.5 Å². The van der Waals surface area contributed by atoms with Crippen molar-refractivity contribution in [2.45, 2.75) is 18.9 Å². The highest BCUT2D eigenvalue weighted by Gasteiger charge is 2.54. The third kappa shape index (κ3) is 2.81. The molecule has 2 aliphatic heterocycles. The second kappa shape index (κ2) is 6.76. The second-order valence-electron chi connectivity index (χ2n) is 7.85. The molecule has 1 N–H and O–H groups in total. The zero-order chi connectivity index (χ0) is 21.8. The van der Waals surface area contributed by atoms with Gasteiger partial charge >= 0.3 is 0 Å². The number of carbonyl (C=O) groups is 2. The van der Waals surface area contributed by atoms with Crippen LogP contribution in [0.4, 0.5) is 5.69 Å². The van der Waals surface area contributed by atoms with Gasteiger partial charge in [0.2, 0.25) is 5.91 Å². The van der Waals surface area contributed by atoms with Crippen molar-refractivity contribution in [1.82, 2.24) is 14.9 Å². The first-order valence-corrected chi connectivity index (χ1v) is 9.90. The number of benzene rings is 2. The van der Waals surface area contributed by atoms with Crippen LogP contribution in [0.5, 0.6) is 0 Å². The average molecular weight is 417 g/mol. The zero-order valence-electron chi connectivity index (χ0n) is 16.7. The molecule has 0 bridgehead atoms. The minimum absolute atomic E-state index is 0.0296. The third-order valence-corrected chi connectivity index (χ3v) is 6.11. The van der Waals surface area contributed by atoms with Crippen LogP contribution in [0.25, 0.3) is 10.9 Å². The van der Waals surface area contributed by atoms with E-state index in [1.165, 1.54) is 23.4 Å². The summed E-state index contributed by atoms with van der Waals surface area (Å²) in [5, 5.41) is 17.3. The number of fused-ring (bicyclic) bond motifs is 5. The van der Waals surface area contributed by atoms with Crippen molar-refractivity contribution in [2.24, 2.45) is 5.10 Å². The van der Waals surface area contributed by atoms with Gasteiger partial charge in [0.15, 0.2) is 5.54 Å². The molecule has 156 valence electrons. The third-order valence-electron chi connectivity index (χ3n) is 6.11. The first kappa shape index (κ1) is 19.0. The Morgan fingerprint density at radius 3 is 2.65 bits per heavy atom. The van der Waals surface area contributed by atoms with Crippen LogP contribution in [0.15, 0.2) is 53.6 Å². The minimum Gasteiger partial charge on any atom is -0.356 e. The molecule has 0 aliphatic carbocycles. The summed E-state index contributed by atoms with van der Waals surface area (Å²) in [7, 11) is 0. The molecule has 1 atom stereocenters. The maximum atomic E-state index is 13.5. The SMILES string of the molecule is C[C@@]12C(=O)N(N=Cc3ccc([N+](=O)[O-])cc3)CC(=O)N1CCc1c2[nH]c2ccccc12. The standard InChI is InChI=1S/C22H19N5O4/c1-22-20-17(16-4-2-3-5-18(16)24-20)10-11-25(22)19(28)13-26(21(22)29)23-12-14-6-8-15(9-7-14)27(30)31/h2-9,12,24H,10-11,13H2,1H3/t22-/m1/s1. The molecule has 2 aromatic carbocycles. The van der Waals surface area contributed by atoms with E-state index in [9.17, 15) is 19.7 Å². The number of piperazine rings is 1. The van der Waals surface area contributed by atoms with E-state index in [2.05, 4.69) is 10.1 Å². The van der Waals surface area contributed by atoms with Crippen LogP contribution in [0.1, 0.15) is 23.7 Å². The van der Waals surface area contributed by atoms with Crippen LogP contribution >= 0.6 is 0 Å². The number of hydrogen-bond acceptors (Lipinski definition) is 5. The molecule has 5 rings (SSSR count). The largest absolute Gasteiger partial charge is 0.356 e.